The number of aliphatic hydroxyl groups is 1. The molecule has 2 unspecified atom stereocenters. The molecule has 0 saturated carbocycles. The number of carbonyl (C=O) groups is 1. The van der Waals surface area contributed by atoms with Gasteiger partial charge in [0.05, 0.1) is 18.9 Å². The summed E-state index contributed by atoms with van der Waals surface area (Å²) >= 11 is 0. The molecule has 0 aliphatic carbocycles. The largest absolute Gasteiger partial charge is 0.466 e. The number of hydrogen-bond donors (Lipinski definition) is 1. The fourth-order valence-corrected chi connectivity index (χ4v) is 3.34. The first kappa shape index (κ1) is 16.4. The summed E-state index contributed by atoms with van der Waals surface area (Å²) in [6.07, 6.45) is 0.964. The van der Waals surface area contributed by atoms with E-state index < -0.39 is 33.7 Å². The van der Waals surface area contributed by atoms with E-state index in [2.05, 4.69) is 0 Å². The molecule has 0 bridgehead atoms. The normalized spacial score (nSPS) is 32.8. The zero-order valence-corrected chi connectivity index (χ0v) is 12.6. The lowest BCUT2D eigenvalue weighted by Crippen LogP contribution is -2.45. The fraction of sp³-hybridized carbons (Fsp3) is 0.909. The van der Waals surface area contributed by atoms with Crippen molar-refractivity contribution in [2.24, 2.45) is 11.8 Å². The molecule has 0 amide bonds. The van der Waals surface area contributed by atoms with E-state index in [0.717, 1.165) is 6.26 Å². The molecule has 0 aromatic carbocycles. The zero-order valence-electron chi connectivity index (χ0n) is 11.8. The average Bonchev–Trinajstić information content (AvgIpc) is 2.49. The van der Waals surface area contributed by atoms with Gasteiger partial charge in [-0.2, -0.15) is 0 Å². The first-order valence-electron chi connectivity index (χ1n) is 6.10. The number of nitrogens with zero attached hydrogens (tertiary/aromatic N) is 1. The van der Waals surface area contributed by atoms with Crippen LogP contribution < -0.4 is 0 Å². The van der Waals surface area contributed by atoms with E-state index in [1.54, 1.807) is 20.8 Å². The van der Waals surface area contributed by atoms with Gasteiger partial charge in [-0.15, -0.1) is 0 Å². The highest BCUT2D eigenvalue weighted by Gasteiger charge is 2.59. The molecule has 7 nitrogen and oxygen atoms in total. The average molecular weight is 295 g/mol. The molecule has 112 valence electrons. The highest BCUT2D eigenvalue weighted by Crippen LogP contribution is 2.40. The minimum absolute atomic E-state index is 0.148. The van der Waals surface area contributed by atoms with E-state index in [1.807, 2.05) is 0 Å². The van der Waals surface area contributed by atoms with Gasteiger partial charge in [-0.05, 0) is 19.8 Å². The Bertz CT molecular complexity index is 444. The van der Waals surface area contributed by atoms with Crippen LogP contribution in [0.5, 0.6) is 0 Å². The minimum Gasteiger partial charge on any atom is -0.466 e. The van der Waals surface area contributed by atoms with Crippen molar-refractivity contribution in [2.45, 2.75) is 39.5 Å². The number of hydrogen-bond acceptors (Lipinski definition) is 6. The highest BCUT2D eigenvalue weighted by atomic mass is 32.2. The van der Waals surface area contributed by atoms with Crippen LogP contribution in [0, 0.1) is 11.8 Å². The summed E-state index contributed by atoms with van der Waals surface area (Å²) in [7, 11) is -3.71. The van der Waals surface area contributed by atoms with Gasteiger partial charge in [0.25, 0.3) is 0 Å². The molecule has 0 aromatic rings. The summed E-state index contributed by atoms with van der Waals surface area (Å²) < 4.78 is 29.0. The Morgan fingerprint density at radius 1 is 1.53 bits per heavy atom. The van der Waals surface area contributed by atoms with Crippen molar-refractivity contribution in [3.63, 3.8) is 0 Å². The van der Waals surface area contributed by atoms with Crippen LogP contribution in [-0.2, 0) is 24.4 Å². The lowest BCUT2D eigenvalue weighted by atomic mass is 9.86. The Balaban J connectivity index is 3.22. The van der Waals surface area contributed by atoms with Crippen LogP contribution in [0.25, 0.3) is 0 Å². The molecule has 1 rings (SSSR count). The van der Waals surface area contributed by atoms with Gasteiger partial charge < -0.3 is 9.84 Å². The van der Waals surface area contributed by atoms with Gasteiger partial charge >= 0.3 is 5.97 Å². The fourth-order valence-electron chi connectivity index (χ4n) is 2.25. The van der Waals surface area contributed by atoms with Crippen molar-refractivity contribution < 1.29 is 27.9 Å². The first-order valence-corrected chi connectivity index (χ1v) is 7.94. The highest BCUT2D eigenvalue weighted by molar-refractivity contribution is 7.88. The number of esters is 1. The van der Waals surface area contributed by atoms with Gasteiger partial charge in [-0.1, -0.05) is 18.3 Å². The molecule has 0 aromatic heterocycles. The topological polar surface area (TPSA) is 93.1 Å². The van der Waals surface area contributed by atoms with Gasteiger partial charge in [-0.3, -0.25) is 4.79 Å². The zero-order chi connectivity index (χ0) is 15.0. The van der Waals surface area contributed by atoms with Crippen LogP contribution in [0.1, 0.15) is 27.7 Å². The molecular formula is C11H21NO6S. The van der Waals surface area contributed by atoms with Gasteiger partial charge in [0, 0.05) is 0 Å². The molecule has 1 N–H and O–H groups in total. The van der Waals surface area contributed by atoms with E-state index >= 15 is 0 Å². The molecule has 1 aliphatic heterocycles. The Labute approximate surface area is 113 Å². The molecule has 8 heteroatoms. The maximum absolute atomic E-state index is 12.0. The monoisotopic (exact) mass is 295 g/mol. The number of rotatable bonds is 4. The smallest absolute Gasteiger partial charge is 0.316 e. The summed E-state index contributed by atoms with van der Waals surface area (Å²) in [6.45, 7) is 6.55. The van der Waals surface area contributed by atoms with Crippen molar-refractivity contribution in [1.29, 1.82) is 0 Å². The lowest BCUT2D eigenvalue weighted by Gasteiger charge is -2.26. The summed E-state index contributed by atoms with van der Waals surface area (Å²) in [5, 5.41) is 10.2. The van der Waals surface area contributed by atoms with Gasteiger partial charge in [0.15, 0.2) is 5.79 Å². The predicted octanol–water partition coefficient (Wildman–Crippen LogP) is 0.106. The Hall–Kier alpha value is -0.700. The summed E-state index contributed by atoms with van der Waals surface area (Å²) in [5.41, 5.74) is 0. The molecule has 1 saturated heterocycles. The van der Waals surface area contributed by atoms with Crippen LogP contribution in [-0.4, -0.2) is 48.7 Å². The summed E-state index contributed by atoms with van der Waals surface area (Å²) in [4.78, 5) is 17.0. The molecule has 1 fully saturated rings. The van der Waals surface area contributed by atoms with Gasteiger partial charge in [0.2, 0.25) is 10.0 Å². The van der Waals surface area contributed by atoms with Crippen LogP contribution >= 0.6 is 0 Å². The van der Waals surface area contributed by atoms with Crippen molar-refractivity contribution in [3.05, 3.63) is 0 Å². The second-order valence-corrected chi connectivity index (χ2v) is 6.95. The van der Waals surface area contributed by atoms with E-state index in [9.17, 15) is 18.3 Å². The van der Waals surface area contributed by atoms with Crippen molar-refractivity contribution in [1.82, 2.24) is 4.47 Å². The molecule has 1 heterocycles. The Morgan fingerprint density at radius 3 is 2.42 bits per heavy atom. The summed E-state index contributed by atoms with van der Waals surface area (Å²) in [5.74, 6) is -3.89. The second kappa shape index (κ2) is 5.35. The molecule has 0 radical (unpaired) electrons. The second-order valence-electron chi connectivity index (χ2n) is 5.13. The van der Waals surface area contributed by atoms with Gasteiger partial charge in [0.1, 0.15) is 5.92 Å². The van der Waals surface area contributed by atoms with E-state index in [4.69, 9.17) is 9.57 Å². The number of ether oxygens (including phenoxy) is 1. The lowest BCUT2D eigenvalue weighted by molar-refractivity contribution is -0.252. The Kier molecular flexibility index (Phi) is 4.61. The standard InChI is InChI=1S/C11H21NO6S/c1-6-17-10(13)8-9(7(2)3)12(19(5,15)16)18-11(8,4)14/h7-9,14H,6H2,1-5H3/t8?,9-,11?/m1/s1. The third-order valence-corrected chi connectivity index (χ3v) is 3.96. The van der Waals surface area contributed by atoms with E-state index in [-0.39, 0.29) is 12.5 Å². The Morgan fingerprint density at radius 2 is 2.05 bits per heavy atom. The van der Waals surface area contributed by atoms with Crippen molar-refractivity contribution in [2.75, 3.05) is 12.9 Å². The SMILES string of the molecule is CCOC(=O)C1[C@@H](C(C)C)N(S(C)(=O)=O)OC1(C)O. The van der Waals surface area contributed by atoms with Crippen molar-refractivity contribution >= 4 is 16.0 Å². The van der Waals surface area contributed by atoms with Crippen LogP contribution in [0.2, 0.25) is 0 Å². The molecule has 0 spiro atoms. The number of carbonyl (C=O) groups excluding carboxylic acids is 1. The third-order valence-electron chi connectivity index (χ3n) is 2.99. The molecule has 1 aliphatic rings. The van der Waals surface area contributed by atoms with E-state index in [0.29, 0.717) is 4.47 Å². The minimum atomic E-state index is -3.71. The number of sulfonamides is 1. The van der Waals surface area contributed by atoms with E-state index in [1.165, 1.54) is 6.92 Å². The molecular weight excluding hydrogens is 274 g/mol. The molecule has 3 atom stereocenters. The maximum atomic E-state index is 12.0. The first-order chi connectivity index (χ1) is 8.52. The molecule has 19 heavy (non-hydrogen) atoms. The van der Waals surface area contributed by atoms with Crippen LogP contribution in [0.3, 0.4) is 0 Å². The van der Waals surface area contributed by atoms with Crippen molar-refractivity contribution in [3.8, 4) is 0 Å². The summed E-state index contributed by atoms with van der Waals surface area (Å²) in [6, 6.07) is -0.802. The maximum Gasteiger partial charge on any atom is 0.316 e. The quantitative estimate of drug-likeness (QED) is 0.740. The predicted molar refractivity (Wildman–Crippen MR) is 67.1 cm³/mol. The van der Waals surface area contributed by atoms with Gasteiger partial charge in [-0.25, -0.2) is 13.3 Å². The van der Waals surface area contributed by atoms with Crippen LogP contribution in [0.4, 0.5) is 0 Å². The third kappa shape index (κ3) is 3.25. The number of hydroxylamine groups is 1. The van der Waals surface area contributed by atoms with Crippen LogP contribution in [0.15, 0.2) is 0 Å².